The highest BCUT2D eigenvalue weighted by Gasteiger charge is 2.03. The van der Waals surface area contributed by atoms with Gasteiger partial charge in [-0.1, -0.05) is 54.1 Å². The van der Waals surface area contributed by atoms with E-state index < -0.39 is 0 Å². The number of carbonyl (C=O) groups excluding carboxylic acids is 1. The van der Waals surface area contributed by atoms with Crippen molar-refractivity contribution in [1.29, 1.82) is 0 Å². The molecule has 1 nitrogen and oxygen atoms in total. The van der Waals surface area contributed by atoms with Crippen LogP contribution in [0.4, 0.5) is 0 Å². The predicted octanol–water partition coefficient (Wildman–Crippen LogP) is 4.11. The van der Waals surface area contributed by atoms with Crippen molar-refractivity contribution in [3.8, 4) is 0 Å². The van der Waals surface area contributed by atoms with Crippen LogP contribution in [0.5, 0.6) is 0 Å². The summed E-state index contributed by atoms with van der Waals surface area (Å²) in [5.74, 6) is 0. The van der Waals surface area contributed by atoms with Crippen molar-refractivity contribution in [2.24, 2.45) is 0 Å². The molecule has 17 heavy (non-hydrogen) atoms. The predicted molar refractivity (Wildman–Crippen MR) is 71.6 cm³/mol. The first kappa shape index (κ1) is 10.0. The largest absolute Gasteiger partial charge is 0.298 e. The van der Waals surface area contributed by atoms with Crippen molar-refractivity contribution in [3.05, 3.63) is 59.7 Å². The van der Waals surface area contributed by atoms with E-state index in [1.807, 2.05) is 18.2 Å². The van der Waals surface area contributed by atoms with Gasteiger partial charge in [-0.15, -0.1) is 0 Å². The second-order valence-corrected chi connectivity index (χ2v) is 4.35. The monoisotopic (exact) mass is 220 g/mol. The van der Waals surface area contributed by atoms with Gasteiger partial charge in [-0.3, -0.25) is 4.79 Å². The molecule has 0 N–H and O–H groups in total. The Labute approximate surface area is 99.7 Å². The molecule has 3 rings (SSSR count). The van der Waals surface area contributed by atoms with Crippen LogP contribution in [0.3, 0.4) is 0 Å². The summed E-state index contributed by atoms with van der Waals surface area (Å²) in [6.07, 6.45) is 0.921. The average molecular weight is 220 g/mol. The van der Waals surface area contributed by atoms with Crippen LogP contribution >= 0.6 is 0 Å². The Balaban J connectivity index is 2.55. The van der Waals surface area contributed by atoms with E-state index in [4.69, 9.17) is 0 Å². The molecule has 0 aromatic heterocycles. The summed E-state index contributed by atoms with van der Waals surface area (Å²) >= 11 is 0. The van der Waals surface area contributed by atoms with Crippen molar-refractivity contribution < 1.29 is 4.79 Å². The number of hydrogen-bond acceptors (Lipinski definition) is 1. The van der Waals surface area contributed by atoms with Crippen LogP contribution in [0, 0.1) is 6.92 Å². The van der Waals surface area contributed by atoms with Crippen molar-refractivity contribution in [1.82, 2.24) is 0 Å². The van der Waals surface area contributed by atoms with Gasteiger partial charge in [0.2, 0.25) is 0 Å². The Hall–Kier alpha value is -2.15. The first-order valence-corrected chi connectivity index (χ1v) is 5.67. The van der Waals surface area contributed by atoms with Gasteiger partial charge in [-0.25, -0.2) is 0 Å². The maximum atomic E-state index is 11.0. The molecule has 0 aliphatic carbocycles. The molecule has 0 fully saturated rings. The zero-order chi connectivity index (χ0) is 11.8. The van der Waals surface area contributed by atoms with Gasteiger partial charge in [0.1, 0.15) is 0 Å². The normalized spacial score (nSPS) is 10.9. The maximum absolute atomic E-state index is 11.0. The van der Waals surface area contributed by atoms with Gasteiger partial charge >= 0.3 is 0 Å². The fourth-order valence-electron chi connectivity index (χ4n) is 2.33. The third-order valence-electron chi connectivity index (χ3n) is 3.20. The lowest BCUT2D eigenvalue weighted by Gasteiger charge is -2.06. The second kappa shape index (κ2) is 3.70. The topological polar surface area (TPSA) is 17.1 Å². The van der Waals surface area contributed by atoms with E-state index in [2.05, 4.69) is 37.3 Å². The fraction of sp³-hybridized carbons (Fsp3) is 0.0625. The van der Waals surface area contributed by atoms with Crippen molar-refractivity contribution in [2.75, 3.05) is 0 Å². The van der Waals surface area contributed by atoms with Gasteiger partial charge in [0.05, 0.1) is 0 Å². The molecule has 82 valence electrons. The molecule has 0 radical (unpaired) electrons. The Kier molecular flexibility index (Phi) is 2.19. The summed E-state index contributed by atoms with van der Waals surface area (Å²) in [6.45, 7) is 2.09. The molecule has 0 saturated heterocycles. The number of aryl methyl sites for hydroxylation is 1. The van der Waals surface area contributed by atoms with Crippen LogP contribution in [-0.4, -0.2) is 6.29 Å². The van der Waals surface area contributed by atoms with E-state index in [9.17, 15) is 4.79 Å². The molecule has 0 saturated carbocycles. The molecule has 1 heteroatoms. The molecule has 3 aromatic carbocycles. The molecule has 3 aromatic rings. The van der Waals surface area contributed by atoms with Crippen LogP contribution in [0.2, 0.25) is 0 Å². The molecule has 0 aliphatic rings. The highest BCUT2D eigenvalue weighted by molar-refractivity contribution is 6.12. The third-order valence-corrected chi connectivity index (χ3v) is 3.20. The zero-order valence-electron chi connectivity index (χ0n) is 9.60. The molecular weight excluding hydrogens is 208 g/mol. The molecule has 0 amide bonds. The van der Waals surface area contributed by atoms with Gasteiger partial charge in [0, 0.05) is 5.56 Å². The minimum Gasteiger partial charge on any atom is -0.298 e. The molecule has 0 heterocycles. The smallest absolute Gasteiger partial charge is 0.150 e. The molecule has 0 aliphatic heterocycles. The lowest BCUT2D eigenvalue weighted by Crippen LogP contribution is -1.85. The average Bonchev–Trinajstić information content (AvgIpc) is 2.37. The quantitative estimate of drug-likeness (QED) is 0.445. The van der Waals surface area contributed by atoms with E-state index >= 15 is 0 Å². The number of benzene rings is 3. The second-order valence-electron chi connectivity index (χ2n) is 4.35. The first-order valence-electron chi connectivity index (χ1n) is 5.67. The lowest BCUT2D eigenvalue weighted by molar-refractivity contribution is 0.112. The van der Waals surface area contributed by atoms with Crippen molar-refractivity contribution in [2.45, 2.75) is 6.92 Å². The SMILES string of the molecule is Cc1ccc2ccc3c(C=O)cccc3c2c1. The summed E-state index contributed by atoms with van der Waals surface area (Å²) in [5.41, 5.74) is 1.99. The highest BCUT2D eigenvalue weighted by Crippen LogP contribution is 2.27. The van der Waals surface area contributed by atoms with Gasteiger partial charge in [-0.2, -0.15) is 0 Å². The van der Waals surface area contributed by atoms with Crippen LogP contribution < -0.4 is 0 Å². The van der Waals surface area contributed by atoms with Crippen LogP contribution in [0.25, 0.3) is 21.5 Å². The van der Waals surface area contributed by atoms with Crippen LogP contribution in [0.15, 0.2) is 48.5 Å². The van der Waals surface area contributed by atoms with E-state index in [0.29, 0.717) is 0 Å². The third kappa shape index (κ3) is 1.51. The van der Waals surface area contributed by atoms with Gasteiger partial charge in [0.25, 0.3) is 0 Å². The molecule has 0 spiro atoms. The zero-order valence-corrected chi connectivity index (χ0v) is 9.60. The number of hydrogen-bond donors (Lipinski definition) is 0. The fourth-order valence-corrected chi connectivity index (χ4v) is 2.33. The number of carbonyl (C=O) groups is 1. The van der Waals surface area contributed by atoms with E-state index in [1.54, 1.807) is 0 Å². The summed E-state index contributed by atoms with van der Waals surface area (Å²) in [6, 6.07) is 16.4. The Morgan fingerprint density at radius 1 is 0.882 bits per heavy atom. The van der Waals surface area contributed by atoms with Crippen LogP contribution in [-0.2, 0) is 0 Å². The van der Waals surface area contributed by atoms with Crippen molar-refractivity contribution in [3.63, 3.8) is 0 Å². The first-order chi connectivity index (χ1) is 8.29. The van der Waals surface area contributed by atoms with Gasteiger partial charge in [0.15, 0.2) is 6.29 Å². The van der Waals surface area contributed by atoms with Crippen LogP contribution in [0.1, 0.15) is 15.9 Å². The molecule has 0 bridgehead atoms. The lowest BCUT2D eigenvalue weighted by atomic mass is 9.98. The number of fused-ring (bicyclic) bond motifs is 3. The highest BCUT2D eigenvalue weighted by atomic mass is 16.1. The molecular formula is C16H12O. The van der Waals surface area contributed by atoms with E-state index in [0.717, 1.165) is 22.6 Å². The van der Waals surface area contributed by atoms with Crippen molar-refractivity contribution >= 4 is 27.8 Å². The standard InChI is InChI=1S/C16H12O/c1-11-5-6-12-7-8-14-13(10-17)3-2-4-15(14)16(12)9-11/h2-10H,1H3. The van der Waals surface area contributed by atoms with E-state index in [1.165, 1.54) is 16.3 Å². The van der Waals surface area contributed by atoms with E-state index in [-0.39, 0.29) is 0 Å². The summed E-state index contributed by atoms with van der Waals surface area (Å²) in [5, 5.41) is 4.61. The minimum absolute atomic E-state index is 0.755. The summed E-state index contributed by atoms with van der Waals surface area (Å²) in [7, 11) is 0. The minimum atomic E-state index is 0.755. The van der Waals surface area contributed by atoms with Gasteiger partial charge < -0.3 is 0 Å². The maximum Gasteiger partial charge on any atom is 0.150 e. The molecule has 0 unspecified atom stereocenters. The Morgan fingerprint density at radius 3 is 2.53 bits per heavy atom. The number of rotatable bonds is 1. The Morgan fingerprint density at radius 2 is 1.71 bits per heavy atom. The summed E-state index contributed by atoms with van der Waals surface area (Å²) < 4.78 is 0. The number of aldehydes is 1. The summed E-state index contributed by atoms with van der Waals surface area (Å²) in [4.78, 5) is 11.0. The van der Waals surface area contributed by atoms with Gasteiger partial charge in [-0.05, 0) is 28.5 Å². The molecule has 0 atom stereocenters. The Bertz CT molecular complexity index is 726.